The minimum Gasteiger partial charge on any atom is -0.384 e. The largest absolute Gasteiger partial charge is 0.384 e. The lowest BCUT2D eigenvalue weighted by Crippen LogP contribution is -2.31. The first-order valence-corrected chi connectivity index (χ1v) is 5.89. The summed E-state index contributed by atoms with van der Waals surface area (Å²) in [7, 11) is 0. The number of aromatic nitrogens is 1. The van der Waals surface area contributed by atoms with Crippen LogP contribution in [0.2, 0.25) is 0 Å². The third-order valence-corrected chi connectivity index (χ3v) is 2.68. The average molecular weight is 222 g/mol. The zero-order chi connectivity index (χ0) is 11.8. The Morgan fingerprint density at radius 1 is 1.31 bits per heavy atom. The number of nitrogens with one attached hydrogen (secondary N) is 1. The maximum Gasteiger partial charge on any atom is 0.123 e. The summed E-state index contributed by atoms with van der Waals surface area (Å²) in [6.07, 6.45) is 1.82. The van der Waals surface area contributed by atoms with Gasteiger partial charge in [0.25, 0.3) is 0 Å². The summed E-state index contributed by atoms with van der Waals surface area (Å²) in [5, 5.41) is 3.40. The summed E-state index contributed by atoms with van der Waals surface area (Å²) in [4.78, 5) is 6.45. The summed E-state index contributed by atoms with van der Waals surface area (Å²) in [5.41, 5.74) is 6.69. The predicted molar refractivity (Wildman–Crippen MR) is 68.1 cm³/mol. The van der Waals surface area contributed by atoms with E-state index < -0.39 is 0 Å². The van der Waals surface area contributed by atoms with Gasteiger partial charge in [0, 0.05) is 25.8 Å². The van der Waals surface area contributed by atoms with Gasteiger partial charge < -0.3 is 16.0 Å². The molecule has 1 aromatic heterocycles. The molecule has 1 heterocycles. The van der Waals surface area contributed by atoms with Gasteiger partial charge in [-0.2, -0.15) is 0 Å². The van der Waals surface area contributed by atoms with Crippen LogP contribution in [0.4, 0.5) is 5.82 Å². The zero-order valence-corrected chi connectivity index (χ0v) is 10.2. The molecule has 0 fully saturated rings. The van der Waals surface area contributed by atoms with Crippen molar-refractivity contribution in [3.63, 3.8) is 0 Å². The number of nitrogen functional groups attached to an aromatic ring is 1. The average Bonchev–Trinajstić information content (AvgIpc) is 2.32. The van der Waals surface area contributed by atoms with Crippen LogP contribution in [0.25, 0.3) is 0 Å². The van der Waals surface area contributed by atoms with Gasteiger partial charge in [0.2, 0.25) is 0 Å². The van der Waals surface area contributed by atoms with Crippen LogP contribution in [0.5, 0.6) is 0 Å². The first-order valence-electron chi connectivity index (χ1n) is 5.89. The lowest BCUT2D eigenvalue weighted by molar-refractivity contribution is 0.302. The predicted octanol–water partition coefficient (Wildman–Crippen LogP) is 1.10. The lowest BCUT2D eigenvalue weighted by Gasteiger charge is -2.17. The molecule has 0 saturated heterocycles. The van der Waals surface area contributed by atoms with Gasteiger partial charge in [0.1, 0.15) is 5.82 Å². The van der Waals surface area contributed by atoms with Crippen LogP contribution < -0.4 is 11.1 Å². The van der Waals surface area contributed by atoms with Crippen LogP contribution in [0.3, 0.4) is 0 Å². The molecule has 0 saturated carbocycles. The van der Waals surface area contributed by atoms with Gasteiger partial charge in [-0.05, 0) is 24.7 Å². The normalized spacial score (nSPS) is 10.9. The van der Waals surface area contributed by atoms with Crippen LogP contribution in [0.1, 0.15) is 19.4 Å². The Hall–Kier alpha value is -1.13. The van der Waals surface area contributed by atoms with Crippen molar-refractivity contribution < 1.29 is 0 Å². The maximum absolute atomic E-state index is 5.52. The van der Waals surface area contributed by atoms with E-state index in [0.717, 1.165) is 32.7 Å². The van der Waals surface area contributed by atoms with E-state index in [1.54, 1.807) is 0 Å². The molecule has 0 aliphatic heterocycles. The van der Waals surface area contributed by atoms with Crippen molar-refractivity contribution in [2.45, 2.75) is 20.4 Å². The fourth-order valence-electron chi connectivity index (χ4n) is 1.55. The van der Waals surface area contributed by atoms with Crippen LogP contribution in [0, 0.1) is 0 Å². The molecule has 0 unspecified atom stereocenters. The maximum atomic E-state index is 5.52. The smallest absolute Gasteiger partial charge is 0.123 e. The molecular weight excluding hydrogens is 200 g/mol. The molecule has 16 heavy (non-hydrogen) atoms. The van der Waals surface area contributed by atoms with E-state index in [1.165, 1.54) is 5.56 Å². The van der Waals surface area contributed by atoms with Crippen molar-refractivity contribution >= 4 is 5.82 Å². The molecule has 4 heteroatoms. The number of pyridine rings is 1. The Morgan fingerprint density at radius 2 is 2.06 bits per heavy atom. The number of anilines is 1. The van der Waals surface area contributed by atoms with Crippen molar-refractivity contribution in [3.05, 3.63) is 23.9 Å². The highest BCUT2D eigenvalue weighted by Gasteiger charge is 1.98. The second-order valence-electron chi connectivity index (χ2n) is 3.79. The van der Waals surface area contributed by atoms with E-state index in [9.17, 15) is 0 Å². The topological polar surface area (TPSA) is 54.2 Å². The molecule has 4 nitrogen and oxygen atoms in total. The Balaban J connectivity index is 2.18. The van der Waals surface area contributed by atoms with E-state index >= 15 is 0 Å². The van der Waals surface area contributed by atoms with Gasteiger partial charge in [0.15, 0.2) is 0 Å². The van der Waals surface area contributed by atoms with Gasteiger partial charge in [-0.3, -0.25) is 0 Å². The van der Waals surface area contributed by atoms with Gasteiger partial charge in [-0.1, -0.05) is 19.9 Å². The number of nitrogens with zero attached hydrogens (tertiary/aromatic N) is 2. The minimum absolute atomic E-state index is 0.576. The molecule has 0 radical (unpaired) electrons. The number of likely N-dealkylation sites (N-methyl/N-ethyl adjacent to an activating group) is 1. The highest BCUT2D eigenvalue weighted by molar-refractivity contribution is 5.29. The van der Waals surface area contributed by atoms with Crippen molar-refractivity contribution in [1.29, 1.82) is 0 Å². The van der Waals surface area contributed by atoms with Gasteiger partial charge in [0.05, 0.1) is 0 Å². The quantitative estimate of drug-likeness (QED) is 0.678. The Kier molecular flexibility index (Phi) is 5.82. The fraction of sp³-hybridized carbons (Fsp3) is 0.583. The lowest BCUT2D eigenvalue weighted by atomic mass is 10.3. The second-order valence-corrected chi connectivity index (χ2v) is 3.79. The molecule has 0 aliphatic carbocycles. The summed E-state index contributed by atoms with van der Waals surface area (Å²) in [6.45, 7) is 9.56. The Morgan fingerprint density at radius 3 is 2.62 bits per heavy atom. The number of nitrogens with two attached hydrogens (primary N) is 1. The monoisotopic (exact) mass is 222 g/mol. The molecule has 1 rings (SSSR count). The molecule has 0 atom stereocenters. The van der Waals surface area contributed by atoms with E-state index in [2.05, 4.69) is 29.0 Å². The molecule has 1 aromatic rings. The third kappa shape index (κ3) is 4.59. The van der Waals surface area contributed by atoms with Crippen LogP contribution in [-0.2, 0) is 6.54 Å². The summed E-state index contributed by atoms with van der Waals surface area (Å²) < 4.78 is 0. The second kappa shape index (κ2) is 7.19. The summed E-state index contributed by atoms with van der Waals surface area (Å²) >= 11 is 0. The summed E-state index contributed by atoms with van der Waals surface area (Å²) in [6, 6.07) is 3.84. The number of rotatable bonds is 7. The number of hydrogen-bond donors (Lipinski definition) is 2. The first-order chi connectivity index (χ1) is 7.76. The first kappa shape index (κ1) is 12.9. The number of hydrogen-bond acceptors (Lipinski definition) is 4. The third-order valence-electron chi connectivity index (χ3n) is 2.68. The molecule has 3 N–H and O–H groups in total. The van der Waals surface area contributed by atoms with Gasteiger partial charge in [-0.25, -0.2) is 4.98 Å². The van der Waals surface area contributed by atoms with Crippen molar-refractivity contribution in [2.24, 2.45) is 0 Å². The van der Waals surface area contributed by atoms with E-state index in [0.29, 0.717) is 5.82 Å². The van der Waals surface area contributed by atoms with E-state index in [4.69, 9.17) is 5.73 Å². The molecule has 0 aliphatic rings. The molecule has 0 spiro atoms. The van der Waals surface area contributed by atoms with E-state index in [-0.39, 0.29) is 0 Å². The molecule has 0 bridgehead atoms. The highest BCUT2D eigenvalue weighted by Crippen LogP contribution is 2.00. The van der Waals surface area contributed by atoms with Crippen LogP contribution in [0.15, 0.2) is 18.3 Å². The Labute approximate surface area is 97.9 Å². The standard InChI is InChI=1S/C12H22N4/c1-3-16(4-2)8-7-14-9-11-5-6-12(13)15-10-11/h5-6,10,14H,3-4,7-9H2,1-2H3,(H2,13,15). The zero-order valence-electron chi connectivity index (χ0n) is 10.2. The molecule has 90 valence electrons. The van der Waals surface area contributed by atoms with Crippen molar-refractivity contribution in [1.82, 2.24) is 15.2 Å². The van der Waals surface area contributed by atoms with E-state index in [1.807, 2.05) is 18.3 Å². The van der Waals surface area contributed by atoms with Gasteiger partial charge >= 0.3 is 0 Å². The van der Waals surface area contributed by atoms with Crippen molar-refractivity contribution in [3.8, 4) is 0 Å². The minimum atomic E-state index is 0.576. The van der Waals surface area contributed by atoms with Crippen LogP contribution in [-0.4, -0.2) is 36.1 Å². The molecule has 0 amide bonds. The molecule has 0 aromatic carbocycles. The Bertz CT molecular complexity index is 280. The summed E-state index contributed by atoms with van der Waals surface area (Å²) in [5.74, 6) is 0.576. The van der Waals surface area contributed by atoms with Gasteiger partial charge in [-0.15, -0.1) is 0 Å². The molecular formula is C12H22N4. The fourth-order valence-corrected chi connectivity index (χ4v) is 1.55. The highest BCUT2D eigenvalue weighted by atomic mass is 15.1. The van der Waals surface area contributed by atoms with Crippen molar-refractivity contribution in [2.75, 3.05) is 31.9 Å². The SMILES string of the molecule is CCN(CC)CCNCc1ccc(N)nc1. The van der Waals surface area contributed by atoms with Crippen LogP contribution >= 0.6 is 0 Å².